The third-order valence-electron chi connectivity index (χ3n) is 7.24. The van der Waals surface area contributed by atoms with Crippen molar-refractivity contribution in [2.24, 2.45) is 0 Å². The van der Waals surface area contributed by atoms with Crippen molar-refractivity contribution in [1.82, 2.24) is 19.6 Å². The van der Waals surface area contributed by atoms with Gasteiger partial charge in [-0.1, -0.05) is 77.8 Å². The van der Waals surface area contributed by atoms with Gasteiger partial charge in [-0.2, -0.15) is 0 Å². The van der Waals surface area contributed by atoms with Gasteiger partial charge >= 0.3 is 5.63 Å². The molecule has 0 fully saturated rings. The van der Waals surface area contributed by atoms with Crippen LogP contribution < -0.4 is 10.4 Å². The Labute approximate surface area is 236 Å². The second-order valence-corrected chi connectivity index (χ2v) is 10.4. The fraction of sp³-hybridized carbons (Fsp3) is 0.0323. The molecular weight excluding hydrogens is 547 g/mol. The van der Waals surface area contributed by atoms with E-state index in [-0.39, 0.29) is 0 Å². The molecule has 1 atom stereocenters. The zero-order chi connectivity index (χ0) is 27.0. The van der Waals surface area contributed by atoms with Crippen LogP contribution in [0.25, 0.3) is 38.8 Å². The minimum atomic E-state index is -0.700. The van der Waals surface area contributed by atoms with Crippen molar-refractivity contribution in [2.75, 3.05) is 0 Å². The molecule has 0 N–H and O–H groups in total. The minimum Gasteiger partial charge on any atom is -0.437 e. The van der Waals surface area contributed by atoms with Gasteiger partial charge in [0.15, 0.2) is 17.2 Å². The molecule has 0 saturated heterocycles. The number of hydrogen-bond acceptors (Lipinski definition) is 6. The molecule has 3 aromatic heterocycles. The van der Waals surface area contributed by atoms with E-state index in [1.165, 1.54) is 0 Å². The Morgan fingerprint density at radius 2 is 1.68 bits per heavy atom. The number of halogens is 2. The number of hydrogen-bond donors (Lipinski definition) is 0. The van der Waals surface area contributed by atoms with Crippen LogP contribution in [0.5, 0.6) is 11.6 Å². The maximum atomic E-state index is 13.6. The lowest BCUT2D eigenvalue weighted by atomic mass is 9.84. The molecule has 192 valence electrons. The lowest BCUT2D eigenvalue weighted by molar-refractivity contribution is 0.422. The minimum absolute atomic E-state index is 0.306. The van der Waals surface area contributed by atoms with E-state index in [4.69, 9.17) is 42.4 Å². The third-order valence-corrected chi connectivity index (χ3v) is 7.81. The zero-order valence-corrected chi connectivity index (χ0v) is 22.0. The Kier molecular flexibility index (Phi) is 5.01. The Morgan fingerprint density at radius 1 is 0.850 bits per heavy atom. The van der Waals surface area contributed by atoms with Crippen LogP contribution in [-0.2, 0) is 0 Å². The van der Waals surface area contributed by atoms with Crippen molar-refractivity contribution in [3.8, 4) is 23.0 Å². The van der Waals surface area contributed by atoms with Crippen molar-refractivity contribution < 1.29 is 9.15 Å². The Bertz CT molecular complexity index is 2220. The summed E-state index contributed by atoms with van der Waals surface area (Å²) in [7, 11) is 0. The van der Waals surface area contributed by atoms with Gasteiger partial charge in [0.05, 0.1) is 22.4 Å². The molecule has 0 aliphatic carbocycles. The number of aromatic nitrogens is 4. The van der Waals surface area contributed by atoms with Crippen molar-refractivity contribution >= 4 is 50.6 Å². The first-order valence-corrected chi connectivity index (χ1v) is 13.2. The molecule has 0 amide bonds. The zero-order valence-electron chi connectivity index (χ0n) is 20.5. The number of fused-ring (bicyclic) bond motifs is 7. The summed E-state index contributed by atoms with van der Waals surface area (Å²) in [4.78, 5) is 23.1. The normalized spacial score (nSPS) is 14.3. The fourth-order valence-corrected chi connectivity index (χ4v) is 5.94. The number of benzene rings is 4. The summed E-state index contributed by atoms with van der Waals surface area (Å²) in [5.74, 6) is 0.498. The summed E-state index contributed by atoms with van der Waals surface area (Å²) in [5, 5.41) is 8.43. The number of para-hydroxylation sites is 1. The smallest absolute Gasteiger partial charge is 0.344 e. The Morgan fingerprint density at radius 3 is 2.55 bits per heavy atom. The first-order chi connectivity index (χ1) is 19.5. The average Bonchev–Trinajstić information content (AvgIpc) is 3.41. The summed E-state index contributed by atoms with van der Waals surface area (Å²) in [6, 6.07) is 26.6. The molecule has 7 nitrogen and oxygen atoms in total. The first-order valence-electron chi connectivity index (χ1n) is 12.5. The highest BCUT2D eigenvalue weighted by molar-refractivity contribution is 6.35. The summed E-state index contributed by atoms with van der Waals surface area (Å²) < 4.78 is 13.7. The highest BCUT2D eigenvalue weighted by atomic mass is 35.5. The van der Waals surface area contributed by atoms with Gasteiger partial charge in [-0.25, -0.2) is 19.3 Å². The lowest BCUT2D eigenvalue weighted by Crippen LogP contribution is -2.22. The number of nitrogens with zero attached hydrogens (tertiary/aromatic N) is 4. The van der Waals surface area contributed by atoms with E-state index in [1.54, 1.807) is 41.2 Å². The number of rotatable bonds is 2. The highest BCUT2D eigenvalue weighted by Gasteiger charge is 2.38. The second kappa shape index (κ2) is 8.64. The molecule has 40 heavy (non-hydrogen) atoms. The van der Waals surface area contributed by atoms with Crippen LogP contribution in [0.3, 0.4) is 0 Å². The van der Waals surface area contributed by atoms with Gasteiger partial charge in [0.1, 0.15) is 11.9 Å². The van der Waals surface area contributed by atoms with Crippen LogP contribution in [0.1, 0.15) is 22.6 Å². The maximum absolute atomic E-state index is 13.6. The molecule has 4 aromatic carbocycles. The molecule has 7 aromatic rings. The van der Waals surface area contributed by atoms with Gasteiger partial charge in [-0.15, -0.1) is 5.10 Å². The summed E-state index contributed by atoms with van der Waals surface area (Å²) in [6.45, 7) is 0. The molecule has 4 heterocycles. The predicted octanol–water partition coefficient (Wildman–Crippen LogP) is 7.64. The first kappa shape index (κ1) is 23.2. The van der Waals surface area contributed by atoms with E-state index < -0.39 is 11.5 Å². The van der Waals surface area contributed by atoms with Crippen LogP contribution in [0.2, 0.25) is 10.0 Å². The number of ether oxygens (including phenoxy) is 1. The van der Waals surface area contributed by atoms with Crippen LogP contribution >= 0.6 is 23.2 Å². The quantitative estimate of drug-likeness (QED) is 0.201. The Hall–Kier alpha value is -4.72. The SMILES string of the molecule is O=c1oc2ccccc2c2c1C(c1ccc(Cl)cc1Cl)c1c(ncn3nc(-c4ccc5ccccc5c4)nc13)O2. The van der Waals surface area contributed by atoms with E-state index in [0.29, 0.717) is 60.8 Å². The molecule has 9 heteroatoms. The van der Waals surface area contributed by atoms with Crippen molar-refractivity contribution in [1.29, 1.82) is 0 Å². The van der Waals surface area contributed by atoms with E-state index in [2.05, 4.69) is 11.1 Å². The monoisotopic (exact) mass is 562 g/mol. The molecule has 1 unspecified atom stereocenters. The second-order valence-electron chi connectivity index (χ2n) is 9.56. The Balaban J connectivity index is 1.42. The van der Waals surface area contributed by atoms with E-state index in [0.717, 1.165) is 16.3 Å². The van der Waals surface area contributed by atoms with Gasteiger partial charge in [0.2, 0.25) is 5.88 Å². The fourth-order valence-electron chi connectivity index (χ4n) is 5.43. The van der Waals surface area contributed by atoms with Crippen LogP contribution in [0.15, 0.2) is 100 Å². The van der Waals surface area contributed by atoms with Gasteiger partial charge in [0.25, 0.3) is 0 Å². The molecule has 8 rings (SSSR count). The molecule has 1 aliphatic rings. The maximum Gasteiger partial charge on any atom is 0.344 e. The van der Waals surface area contributed by atoms with Crippen molar-refractivity contribution in [3.63, 3.8) is 0 Å². The molecule has 0 bridgehead atoms. The predicted molar refractivity (Wildman–Crippen MR) is 154 cm³/mol. The molecule has 0 spiro atoms. The molecule has 0 saturated carbocycles. The molecular formula is C31H16Cl2N4O3. The van der Waals surface area contributed by atoms with E-state index >= 15 is 0 Å². The van der Waals surface area contributed by atoms with E-state index in [9.17, 15) is 4.79 Å². The largest absolute Gasteiger partial charge is 0.437 e. The van der Waals surface area contributed by atoms with Gasteiger partial charge in [0, 0.05) is 15.6 Å². The van der Waals surface area contributed by atoms with Crippen molar-refractivity contribution in [2.45, 2.75) is 5.92 Å². The van der Waals surface area contributed by atoms with Gasteiger partial charge in [-0.3, -0.25) is 0 Å². The summed E-state index contributed by atoms with van der Waals surface area (Å²) >= 11 is 13.0. The lowest BCUT2D eigenvalue weighted by Gasteiger charge is -2.27. The van der Waals surface area contributed by atoms with Gasteiger partial charge < -0.3 is 9.15 Å². The van der Waals surface area contributed by atoms with Crippen molar-refractivity contribution in [3.05, 3.63) is 128 Å². The van der Waals surface area contributed by atoms with Gasteiger partial charge in [-0.05, 0) is 46.7 Å². The van der Waals surface area contributed by atoms with Crippen LogP contribution in [-0.4, -0.2) is 19.6 Å². The standard InChI is InChI=1S/C31H16Cl2N4O3/c32-19-11-12-20(22(33)14-19)24-25-27(21-7-3-4-8-23(21)39-31(25)38)40-30-26(24)29-35-28(36-37(29)15-34-30)18-10-9-16-5-1-2-6-17(16)13-18/h1-15,24H. The van der Waals surface area contributed by atoms with Crippen LogP contribution in [0, 0.1) is 0 Å². The van der Waals surface area contributed by atoms with Crippen LogP contribution in [0.4, 0.5) is 0 Å². The van der Waals surface area contributed by atoms with E-state index in [1.807, 2.05) is 48.5 Å². The highest BCUT2D eigenvalue weighted by Crippen LogP contribution is 2.50. The average molecular weight is 563 g/mol. The summed E-state index contributed by atoms with van der Waals surface area (Å²) in [6.07, 6.45) is 1.56. The molecule has 1 aliphatic heterocycles. The summed E-state index contributed by atoms with van der Waals surface area (Å²) in [5.41, 5.74) is 2.72. The third kappa shape index (κ3) is 3.45. The topological polar surface area (TPSA) is 82.5 Å². The molecule has 0 radical (unpaired) electrons.